The monoisotopic (exact) mass is 357 g/mol. The summed E-state index contributed by atoms with van der Waals surface area (Å²) in [7, 11) is 1.29. The molecule has 3 rings (SSSR count). The second-order valence-electron chi connectivity index (χ2n) is 5.88. The summed E-state index contributed by atoms with van der Waals surface area (Å²) in [5.74, 6) is -0.494. The van der Waals surface area contributed by atoms with E-state index in [2.05, 4.69) is 0 Å². The van der Waals surface area contributed by atoms with E-state index < -0.39 is 5.97 Å². The molecule has 1 heterocycles. The second-order valence-corrected chi connectivity index (χ2v) is 6.96. The second kappa shape index (κ2) is 6.37. The van der Waals surface area contributed by atoms with Crippen molar-refractivity contribution in [2.75, 3.05) is 12.8 Å². The molecule has 0 radical (unpaired) electrons. The van der Waals surface area contributed by atoms with E-state index in [1.165, 1.54) is 18.9 Å². The van der Waals surface area contributed by atoms with Crippen LogP contribution in [0.4, 0.5) is 5.88 Å². The molecular formula is C19H19NO4S. The molecule has 0 saturated carbocycles. The van der Waals surface area contributed by atoms with Gasteiger partial charge in [0.15, 0.2) is 0 Å². The van der Waals surface area contributed by atoms with Crippen LogP contribution in [-0.2, 0) is 4.74 Å². The zero-order chi connectivity index (χ0) is 18.3. The van der Waals surface area contributed by atoms with E-state index in [0.717, 1.165) is 16.0 Å². The van der Waals surface area contributed by atoms with Gasteiger partial charge in [-0.25, -0.2) is 4.79 Å². The number of phenolic OH excluding ortho intramolecular Hbond substituents is 1. The third kappa shape index (κ3) is 2.82. The number of rotatable bonds is 3. The fourth-order valence-electron chi connectivity index (χ4n) is 2.69. The van der Waals surface area contributed by atoms with E-state index in [4.69, 9.17) is 14.9 Å². The van der Waals surface area contributed by atoms with Crippen LogP contribution < -0.4 is 5.73 Å². The van der Waals surface area contributed by atoms with Gasteiger partial charge in [0.25, 0.3) is 0 Å². The number of phenols is 1. The van der Waals surface area contributed by atoms with Gasteiger partial charge in [-0.05, 0) is 44.0 Å². The molecule has 3 aromatic rings. The Kier molecular flexibility index (Phi) is 4.39. The summed E-state index contributed by atoms with van der Waals surface area (Å²) >= 11 is 1.36. The summed E-state index contributed by atoms with van der Waals surface area (Å²) in [6.45, 7) is 5.63. The van der Waals surface area contributed by atoms with Crippen molar-refractivity contribution < 1.29 is 19.1 Å². The Morgan fingerprint density at radius 2 is 1.80 bits per heavy atom. The molecule has 3 N–H and O–H groups in total. The molecule has 0 unspecified atom stereocenters. The Morgan fingerprint density at radius 1 is 1.16 bits per heavy atom. The van der Waals surface area contributed by atoms with E-state index in [1.807, 2.05) is 38.1 Å². The standard InChI is InChI=1S/C19H19NO4S/c1-9-5-7-12(8-6-9)25-17-13-14(19(22)23-4)18(20)24-16(13)11(3)10(2)15(17)21/h5-8,21H,20H2,1-4H3. The fraction of sp³-hybridized carbons (Fsp3) is 0.211. The summed E-state index contributed by atoms with van der Waals surface area (Å²) in [5.41, 5.74) is 9.12. The molecule has 6 heteroatoms. The number of aryl methyl sites for hydroxylation is 2. The minimum Gasteiger partial charge on any atom is -0.506 e. The number of aromatic hydroxyl groups is 1. The van der Waals surface area contributed by atoms with Crippen molar-refractivity contribution in [1.82, 2.24) is 0 Å². The van der Waals surface area contributed by atoms with Crippen molar-refractivity contribution in [3.63, 3.8) is 0 Å². The minimum absolute atomic E-state index is 0.0132. The number of furan rings is 1. The van der Waals surface area contributed by atoms with Crippen LogP contribution in [0.15, 0.2) is 38.5 Å². The quantitative estimate of drug-likeness (QED) is 0.667. The Morgan fingerprint density at radius 3 is 2.40 bits per heavy atom. The average molecular weight is 357 g/mol. The van der Waals surface area contributed by atoms with Crippen LogP contribution in [0.3, 0.4) is 0 Å². The molecule has 5 nitrogen and oxygen atoms in total. The molecule has 0 amide bonds. The molecule has 2 aromatic carbocycles. The van der Waals surface area contributed by atoms with Crippen LogP contribution in [0.2, 0.25) is 0 Å². The van der Waals surface area contributed by atoms with Gasteiger partial charge in [0, 0.05) is 4.90 Å². The Labute approximate surface area is 149 Å². The smallest absolute Gasteiger partial charge is 0.344 e. The first-order chi connectivity index (χ1) is 11.8. The summed E-state index contributed by atoms with van der Waals surface area (Å²) in [6.07, 6.45) is 0. The third-order valence-electron chi connectivity index (χ3n) is 4.27. The number of ether oxygens (including phenoxy) is 1. The molecule has 0 bridgehead atoms. The number of fused-ring (bicyclic) bond motifs is 1. The van der Waals surface area contributed by atoms with Gasteiger partial charge < -0.3 is 20.0 Å². The first kappa shape index (κ1) is 17.2. The molecule has 0 atom stereocenters. The lowest BCUT2D eigenvalue weighted by molar-refractivity contribution is 0.0603. The molecule has 0 fully saturated rings. The highest BCUT2D eigenvalue weighted by atomic mass is 32.2. The van der Waals surface area contributed by atoms with Crippen molar-refractivity contribution in [2.24, 2.45) is 0 Å². The lowest BCUT2D eigenvalue weighted by Gasteiger charge is -2.12. The van der Waals surface area contributed by atoms with E-state index in [1.54, 1.807) is 6.92 Å². The molecule has 1 aromatic heterocycles. The van der Waals surface area contributed by atoms with Gasteiger partial charge in [0.1, 0.15) is 16.9 Å². The van der Waals surface area contributed by atoms with E-state index >= 15 is 0 Å². The fourth-order valence-corrected chi connectivity index (χ4v) is 3.75. The predicted molar refractivity (Wildman–Crippen MR) is 98.4 cm³/mol. The lowest BCUT2D eigenvalue weighted by atomic mass is 10.0. The molecule has 0 aliphatic heterocycles. The zero-order valence-corrected chi connectivity index (χ0v) is 15.3. The lowest BCUT2D eigenvalue weighted by Crippen LogP contribution is -2.04. The maximum absolute atomic E-state index is 12.2. The van der Waals surface area contributed by atoms with Crippen molar-refractivity contribution >= 4 is 34.6 Å². The average Bonchev–Trinajstić information content (AvgIpc) is 2.95. The zero-order valence-electron chi connectivity index (χ0n) is 14.5. The van der Waals surface area contributed by atoms with E-state index in [0.29, 0.717) is 21.4 Å². The molecule has 130 valence electrons. The summed E-state index contributed by atoms with van der Waals surface area (Å²) < 4.78 is 10.5. The first-order valence-electron chi connectivity index (χ1n) is 7.72. The Balaban J connectivity index is 2.32. The van der Waals surface area contributed by atoms with Crippen LogP contribution in [0.1, 0.15) is 27.0 Å². The van der Waals surface area contributed by atoms with Crippen molar-refractivity contribution in [1.29, 1.82) is 0 Å². The van der Waals surface area contributed by atoms with Crippen LogP contribution >= 0.6 is 11.8 Å². The predicted octanol–water partition coefficient (Wildman–Crippen LogP) is 4.58. The number of benzene rings is 2. The number of methoxy groups -OCH3 is 1. The number of anilines is 1. The SMILES string of the molecule is COC(=O)c1c(N)oc2c(C)c(C)c(O)c(Sc3ccc(C)cc3)c12. The van der Waals surface area contributed by atoms with Crippen molar-refractivity contribution in [3.05, 3.63) is 46.5 Å². The number of nitrogens with two attached hydrogens (primary N) is 1. The number of carbonyl (C=O) groups is 1. The number of nitrogen functional groups attached to an aromatic ring is 1. The number of hydrogen-bond acceptors (Lipinski definition) is 6. The first-order valence-corrected chi connectivity index (χ1v) is 8.53. The highest BCUT2D eigenvalue weighted by molar-refractivity contribution is 7.99. The van der Waals surface area contributed by atoms with Gasteiger partial charge in [-0.1, -0.05) is 29.5 Å². The third-order valence-corrected chi connectivity index (χ3v) is 5.38. The van der Waals surface area contributed by atoms with Gasteiger partial charge in [-0.3, -0.25) is 0 Å². The van der Waals surface area contributed by atoms with Gasteiger partial charge in [-0.2, -0.15) is 0 Å². The highest BCUT2D eigenvalue weighted by Crippen LogP contribution is 2.47. The van der Waals surface area contributed by atoms with Gasteiger partial charge >= 0.3 is 5.97 Å². The molecular weight excluding hydrogens is 338 g/mol. The van der Waals surface area contributed by atoms with Gasteiger partial charge in [0.2, 0.25) is 5.88 Å². The topological polar surface area (TPSA) is 85.7 Å². The van der Waals surface area contributed by atoms with Crippen LogP contribution in [0.25, 0.3) is 11.0 Å². The molecule has 25 heavy (non-hydrogen) atoms. The Hall–Kier alpha value is -2.60. The molecule has 0 aliphatic rings. The molecule has 0 saturated heterocycles. The van der Waals surface area contributed by atoms with Crippen molar-refractivity contribution in [2.45, 2.75) is 30.6 Å². The number of carbonyl (C=O) groups excluding carboxylic acids is 1. The van der Waals surface area contributed by atoms with Gasteiger partial charge in [0.05, 0.1) is 17.4 Å². The van der Waals surface area contributed by atoms with Crippen LogP contribution in [-0.4, -0.2) is 18.2 Å². The molecule has 0 spiro atoms. The maximum atomic E-state index is 12.2. The molecule has 0 aliphatic carbocycles. The van der Waals surface area contributed by atoms with Gasteiger partial charge in [-0.15, -0.1) is 0 Å². The summed E-state index contributed by atoms with van der Waals surface area (Å²) in [5, 5.41) is 11.2. The Bertz CT molecular complexity index is 974. The minimum atomic E-state index is -0.593. The summed E-state index contributed by atoms with van der Waals surface area (Å²) in [4.78, 5) is 13.7. The normalized spacial score (nSPS) is 11.0. The largest absolute Gasteiger partial charge is 0.506 e. The van der Waals surface area contributed by atoms with Crippen LogP contribution in [0.5, 0.6) is 5.75 Å². The summed E-state index contributed by atoms with van der Waals surface area (Å²) in [6, 6.07) is 7.90. The van der Waals surface area contributed by atoms with E-state index in [-0.39, 0.29) is 17.2 Å². The van der Waals surface area contributed by atoms with Crippen molar-refractivity contribution in [3.8, 4) is 5.75 Å². The number of hydrogen-bond donors (Lipinski definition) is 2. The number of esters is 1. The van der Waals surface area contributed by atoms with Crippen LogP contribution in [0, 0.1) is 20.8 Å². The van der Waals surface area contributed by atoms with E-state index in [9.17, 15) is 9.90 Å². The maximum Gasteiger partial charge on any atom is 0.344 e. The highest BCUT2D eigenvalue weighted by Gasteiger charge is 2.27.